The molecule has 1 aliphatic rings. The minimum Gasteiger partial charge on any atom is -0.454 e. The molecule has 2 N–H and O–H groups in total. The molecule has 152 valence electrons. The molecule has 1 aliphatic heterocycles. The summed E-state index contributed by atoms with van der Waals surface area (Å²) >= 11 is 0. The summed E-state index contributed by atoms with van der Waals surface area (Å²) in [6.07, 6.45) is 1.48. The van der Waals surface area contributed by atoms with Crippen LogP contribution in [0.5, 0.6) is 17.2 Å². The number of ether oxygens (including phenoxy) is 3. The van der Waals surface area contributed by atoms with Gasteiger partial charge in [0.15, 0.2) is 17.5 Å². The number of hydrogen-bond donors (Lipinski definition) is 2. The fraction of sp³-hybridized carbons (Fsp3) is 0.294. The zero-order valence-corrected chi connectivity index (χ0v) is 17.1. The number of halogens is 4. The number of aliphatic imine (C=N–C) groups is 1. The van der Waals surface area contributed by atoms with Crippen LogP contribution in [0.1, 0.15) is 11.3 Å². The largest absolute Gasteiger partial charge is 0.454 e. The number of pyridine rings is 1. The van der Waals surface area contributed by atoms with Crippen molar-refractivity contribution in [2.24, 2.45) is 4.99 Å². The number of fused-ring (bicyclic) bond motifs is 1. The summed E-state index contributed by atoms with van der Waals surface area (Å²) in [7, 11) is 1.53. The second-order valence-electron chi connectivity index (χ2n) is 5.40. The van der Waals surface area contributed by atoms with Crippen LogP contribution in [0.4, 0.5) is 13.2 Å². The molecule has 2 aromatic rings. The maximum atomic E-state index is 13.6. The normalized spacial score (nSPS) is 12.5. The molecule has 11 heteroatoms. The number of hydrogen-bond acceptors (Lipinski definition) is 5. The van der Waals surface area contributed by atoms with Crippen molar-refractivity contribution in [2.75, 3.05) is 13.8 Å². The number of nitrogens with one attached hydrogen (secondary N) is 2. The van der Waals surface area contributed by atoms with E-state index in [0.717, 1.165) is 0 Å². The van der Waals surface area contributed by atoms with Gasteiger partial charge in [0, 0.05) is 31.4 Å². The molecule has 3 rings (SSSR count). The van der Waals surface area contributed by atoms with E-state index in [1.54, 1.807) is 6.07 Å². The van der Waals surface area contributed by atoms with Crippen LogP contribution in [0.25, 0.3) is 0 Å². The Morgan fingerprint density at radius 2 is 1.96 bits per heavy atom. The second-order valence-corrected chi connectivity index (χ2v) is 5.40. The van der Waals surface area contributed by atoms with E-state index < -0.39 is 12.4 Å². The molecular formula is C17H18F3IN4O3. The molecule has 7 nitrogen and oxygen atoms in total. The van der Waals surface area contributed by atoms with Gasteiger partial charge in [-0.3, -0.25) is 9.98 Å². The number of rotatable bonds is 6. The summed E-state index contributed by atoms with van der Waals surface area (Å²) in [5, 5.41) is 5.85. The predicted octanol–water partition coefficient (Wildman–Crippen LogP) is 3.03. The average Bonchev–Trinajstić information content (AvgIpc) is 3.09. The van der Waals surface area contributed by atoms with E-state index in [1.165, 1.54) is 31.4 Å². The molecule has 0 saturated carbocycles. The molecule has 0 aliphatic carbocycles. The molecule has 0 radical (unpaired) electrons. The van der Waals surface area contributed by atoms with Crippen LogP contribution >= 0.6 is 24.0 Å². The molecular weight excluding hydrogens is 492 g/mol. The molecule has 0 bridgehead atoms. The topological polar surface area (TPSA) is 77.0 Å². The summed E-state index contributed by atoms with van der Waals surface area (Å²) in [4.78, 5) is 7.95. The number of guanidine groups is 1. The van der Waals surface area contributed by atoms with Gasteiger partial charge in [0.2, 0.25) is 6.79 Å². The Morgan fingerprint density at radius 3 is 2.64 bits per heavy atom. The van der Waals surface area contributed by atoms with Crippen molar-refractivity contribution in [3.8, 4) is 17.2 Å². The number of benzene rings is 1. The van der Waals surface area contributed by atoms with Gasteiger partial charge in [0.05, 0.1) is 12.2 Å². The van der Waals surface area contributed by atoms with Gasteiger partial charge in [-0.1, -0.05) is 0 Å². The minimum absolute atomic E-state index is 0. The van der Waals surface area contributed by atoms with Crippen molar-refractivity contribution in [1.82, 2.24) is 15.6 Å². The standard InChI is InChI=1S/C17H17F3N4O3.HI/c1-21-17(24-8-12-11(18)3-2-4-22-12)23-7-10-5-14-15(26-9-25-14)6-13(10)27-16(19)20;/h2-6,16H,7-9H2,1H3,(H2,21,23,24);1H. The highest BCUT2D eigenvalue weighted by Gasteiger charge is 2.20. The fourth-order valence-corrected chi connectivity index (χ4v) is 2.42. The first-order valence-corrected chi connectivity index (χ1v) is 7.98. The highest BCUT2D eigenvalue weighted by Crippen LogP contribution is 2.38. The lowest BCUT2D eigenvalue weighted by molar-refractivity contribution is -0.0505. The lowest BCUT2D eigenvalue weighted by Gasteiger charge is -2.15. The Hall–Kier alpha value is -2.44. The van der Waals surface area contributed by atoms with E-state index >= 15 is 0 Å². The van der Waals surface area contributed by atoms with Crippen molar-refractivity contribution >= 4 is 29.9 Å². The van der Waals surface area contributed by atoms with Crippen molar-refractivity contribution in [3.63, 3.8) is 0 Å². The first-order valence-electron chi connectivity index (χ1n) is 7.98. The van der Waals surface area contributed by atoms with E-state index in [2.05, 4.69) is 25.3 Å². The number of alkyl halides is 2. The van der Waals surface area contributed by atoms with Crippen molar-refractivity contribution in [3.05, 3.63) is 47.5 Å². The van der Waals surface area contributed by atoms with Crippen molar-refractivity contribution < 1.29 is 27.4 Å². The van der Waals surface area contributed by atoms with E-state index in [1.807, 2.05) is 0 Å². The van der Waals surface area contributed by atoms with Gasteiger partial charge in [-0.05, 0) is 18.2 Å². The molecule has 0 spiro atoms. The van der Waals surface area contributed by atoms with E-state index in [9.17, 15) is 13.2 Å². The van der Waals surface area contributed by atoms with Crippen molar-refractivity contribution in [2.45, 2.75) is 19.7 Å². The highest BCUT2D eigenvalue weighted by molar-refractivity contribution is 14.0. The number of aromatic nitrogens is 1. The highest BCUT2D eigenvalue weighted by atomic mass is 127. The molecule has 2 heterocycles. The van der Waals surface area contributed by atoms with Crippen LogP contribution in [-0.2, 0) is 13.1 Å². The fourth-order valence-electron chi connectivity index (χ4n) is 2.42. The van der Waals surface area contributed by atoms with Gasteiger partial charge in [0.1, 0.15) is 11.6 Å². The monoisotopic (exact) mass is 510 g/mol. The third kappa shape index (κ3) is 5.53. The van der Waals surface area contributed by atoms with Crippen LogP contribution in [0.15, 0.2) is 35.5 Å². The smallest absolute Gasteiger partial charge is 0.387 e. The molecule has 1 aromatic carbocycles. The van der Waals surface area contributed by atoms with Crippen LogP contribution in [0.2, 0.25) is 0 Å². The SMILES string of the molecule is CN=C(NCc1cc2c(cc1OC(F)F)OCO2)NCc1ncccc1F.I. The maximum absolute atomic E-state index is 13.6. The molecule has 1 aromatic heterocycles. The van der Waals surface area contributed by atoms with Crippen LogP contribution < -0.4 is 24.8 Å². The lowest BCUT2D eigenvalue weighted by atomic mass is 10.1. The lowest BCUT2D eigenvalue weighted by Crippen LogP contribution is -2.36. The van der Waals surface area contributed by atoms with E-state index in [0.29, 0.717) is 23.0 Å². The Kier molecular flexibility index (Phi) is 7.96. The molecule has 0 atom stereocenters. The third-order valence-electron chi connectivity index (χ3n) is 3.70. The summed E-state index contributed by atoms with van der Waals surface area (Å²) in [5.41, 5.74) is 0.650. The summed E-state index contributed by atoms with van der Waals surface area (Å²) in [6, 6.07) is 5.71. The van der Waals surface area contributed by atoms with Crippen LogP contribution in [0, 0.1) is 5.82 Å². The van der Waals surface area contributed by atoms with E-state index in [4.69, 9.17) is 9.47 Å². The van der Waals surface area contributed by atoms with Gasteiger partial charge in [-0.2, -0.15) is 8.78 Å². The van der Waals surface area contributed by atoms with Crippen LogP contribution in [-0.4, -0.2) is 31.4 Å². The predicted molar refractivity (Wildman–Crippen MR) is 106 cm³/mol. The first-order chi connectivity index (χ1) is 13.1. The minimum atomic E-state index is -2.98. The van der Waals surface area contributed by atoms with Gasteiger partial charge < -0.3 is 24.8 Å². The first kappa shape index (κ1) is 21.9. The Balaban J connectivity index is 0.00000280. The summed E-state index contributed by atoms with van der Waals surface area (Å²) < 4.78 is 54.0. The Morgan fingerprint density at radius 1 is 1.25 bits per heavy atom. The van der Waals surface area contributed by atoms with Gasteiger partial charge >= 0.3 is 6.61 Å². The molecule has 0 amide bonds. The summed E-state index contributed by atoms with van der Waals surface area (Å²) in [6.45, 7) is -2.75. The maximum Gasteiger partial charge on any atom is 0.387 e. The average molecular weight is 510 g/mol. The molecule has 0 unspecified atom stereocenters. The second kappa shape index (κ2) is 10.2. The zero-order valence-electron chi connectivity index (χ0n) is 14.7. The van der Waals surface area contributed by atoms with Gasteiger partial charge in [-0.25, -0.2) is 4.39 Å². The molecule has 0 fully saturated rings. The zero-order chi connectivity index (χ0) is 19.2. The van der Waals surface area contributed by atoms with Crippen molar-refractivity contribution in [1.29, 1.82) is 0 Å². The Labute approximate surface area is 176 Å². The Bertz CT molecular complexity index is 839. The third-order valence-corrected chi connectivity index (χ3v) is 3.70. The van der Waals surface area contributed by atoms with Gasteiger partial charge in [-0.15, -0.1) is 24.0 Å². The molecule has 28 heavy (non-hydrogen) atoms. The van der Waals surface area contributed by atoms with E-state index in [-0.39, 0.29) is 55.3 Å². The molecule has 0 saturated heterocycles. The van der Waals surface area contributed by atoms with Gasteiger partial charge in [0.25, 0.3) is 0 Å². The van der Waals surface area contributed by atoms with Crippen LogP contribution in [0.3, 0.4) is 0 Å². The summed E-state index contributed by atoms with van der Waals surface area (Å²) in [5.74, 6) is 0.631. The number of nitrogens with zero attached hydrogens (tertiary/aromatic N) is 2. The quantitative estimate of drug-likeness (QED) is 0.354.